The maximum absolute atomic E-state index is 14.1. The number of nitrogens with zero attached hydrogens (tertiary/aromatic N) is 3. The van der Waals surface area contributed by atoms with Gasteiger partial charge in [0, 0.05) is 38.0 Å². The first-order valence-electron chi connectivity index (χ1n) is 10.3. The summed E-state index contributed by atoms with van der Waals surface area (Å²) in [7, 11) is -4.94. The Morgan fingerprint density at radius 2 is 1.50 bits per heavy atom. The van der Waals surface area contributed by atoms with E-state index in [1.807, 2.05) is 36.3 Å². The molecule has 0 spiro atoms. The average Bonchev–Trinajstić information content (AvgIpc) is 3.27. The minimum Gasteiger partial charge on any atom is -0.345 e. The van der Waals surface area contributed by atoms with Crippen LogP contribution in [0.4, 0.5) is 27.1 Å². The van der Waals surface area contributed by atoms with Gasteiger partial charge in [-0.2, -0.15) is 4.31 Å². The summed E-state index contributed by atoms with van der Waals surface area (Å²) in [5.41, 5.74) is 4.29. The van der Waals surface area contributed by atoms with Crippen LogP contribution in [0.5, 0.6) is 0 Å². The van der Waals surface area contributed by atoms with Gasteiger partial charge in [0.15, 0.2) is 33.3 Å². The van der Waals surface area contributed by atoms with E-state index in [9.17, 15) is 30.4 Å². The summed E-state index contributed by atoms with van der Waals surface area (Å²) in [5, 5.41) is 2.57. The number of rotatable bonds is 5. The van der Waals surface area contributed by atoms with Gasteiger partial charge in [0.25, 0.3) is 0 Å². The Balaban J connectivity index is 1.49. The van der Waals surface area contributed by atoms with Gasteiger partial charge in [-0.25, -0.2) is 35.4 Å². The Morgan fingerprint density at radius 3 is 2.12 bits per heavy atom. The third kappa shape index (κ3) is 4.41. The molecule has 3 aromatic rings. The van der Waals surface area contributed by atoms with Gasteiger partial charge in [0.2, 0.25) is 15.8 Å². The minimum absolute atomic E-state index is 0.144. The van der Waals surface area contributed by atoms with E-state index in [2.05, 4.69) is 11.1 Å². The highest BCUT2D eigenvalue weighted by Gasteiger charge is 2.38. The van der Waals surface area contributed by atoms with Crippen LogP contribution < -0.4 is 4.90 Å². The van der Waals surface area contributed by atoms with Crippen LogP contribution in [0.3, 0.4) is 0 Å². The molecule has 0 saturated carbocycles. The summed E-state index contributed by atoms with van der Waals surface area (Å²) in [6.07, 6.45) is 0.638. The van der Waals surface area contributed by atoms with Gasteiger partial charge in [-0.15, -0.1) is 11.3 Å². The Morgan fingerprint density at radius 1 is 0.912 bits per heavy atom. The van der Waals surface area contributed by atoms with Crippen molar-refractivity contribution in [3.63, 3.8) is 0 Å². The Kier molecular flexibility index (Phi) is 6.67. The first-order chi connectivity index (χ1) is 16.0. The molecule has 12 heteroatoms. The van der Waals surface area contributed by atoms with E-state index >= 15 is 0 Å². The molecular formula is C22H20F5N3O2S2. The summed E-state index contributed by atoms with van der Waals surface area (Å²) in [6, 6.07) is 6.17. The van der Waals surface area contributed by atoms with Gasteiger partial charge in [0.1, 0.15) is 0 Å². The van der Waals surface area contributed by atoms with E-state index in [0.717, 1.165) is 22.4 Å². The van der Waals surface area contributed by atoms with Crippen LogP contribution in [0, 0.1) is 42.9 Å². The summed E-state index contributed by atoms with van der Waals surface area (Å²) >= 11 is 1.39. The Hall–Kier alpha value is -2.57. The smallest absolute Gasteiger partial charge is 0.249 e. The molecule has 34 heavy (non-hydrogen) atoms. The van der Waals surface area contributed by atoms with Crippen molar-refractivity contribution in [1.82, 2.24) is 9.29 Å². The molecule has 0 bridgehead atoms. The molecular weight excluding hydrogens is 497 g/mol. The van der Waals surface area contributed by atoms with Crippen LogP contribution in [0.25, 0.3) is 0 Å². The van der Waals surface area contributed by atoms with Crippen LogP contribution in [0.1, 0.15) is 22.4 Å². The molecule has 0 amide bonds. The summed E-state index contributed by atoms with van der Waals surface area (Å²) in [6.45, 7) is 3.92. The Labute approximate surface area is 197 Å². The highest BCUT2D eigenvalue weighted by molar-refractivity contribution is 7.89. The van der Waals surface area contributed by atoms with Crippen molar-refractivity contribution in [2.24, 2.45) is 0 Å². The van der Waals surface area contributed by atoms with Crippen molar-refractivity contribution in [2.75, 3.05) is 31.1 Å². The lowest BCUT2D eigenvalue weighted by Crippen LogP contribution is -2.49. The number of aryl methyl sites for hydroxylation is 2. The van der Waals surface area contributed by atoms with Gasteiger partial charge >= 0.3 is 0 Å². The molecule has 1 aliphatic rings. The van der Waals surface area contributed by atoms with Gasteiger partial charge in [-0.05, 0) is 25.0 Å². The van der Waals surface area contributed by atoms with Crippen molar-refractivity contribution in [3.05, 3.63) is 75.0 Å². The second kappa shape index (κ2) is 9.23. The van der Waals surface area contributed by atoms with Gasteiger partial charge in [-0.3, -0.25) is 0 Å². The van der Waals surface area contributed by atoms with Crippen LogP contribution >= 0.6 is 11.3 Å². The number of hydrogen-bond donors (Lipinski definition) is 0. The quantitative estimate of drug-likeness (QED) is 0.283. The van der Waals surface area contributed by atoms with Crippen LogP contribution in [-0.2, 0) is 16.4 Å². The lowest BCUT2D eigenvalue weighted by molar-refractivity contribution is 0.344. The van der Waals surface area contributed by atoms with Crippen molar-refractivity contribution in [1.29, 1.82) is 0 Å². The second-order valence-electron chi connectivity index (χ2n) is 8.02. The molecule has 0 unspecified atom stereocenters. The zero-order chi connectivity index (χ0) is 24.8. The molecule has 5 nitrogen and oxygen atoms in total. The van der Waals surface area contributed by atoms with E-state index < -0.39 is 44.0 Å². The molecule has 1 aromatic heterocycles. The zero-order valence-corrected chi connectivity index (χ0v) is 19.8. The molecule has 2 heterocycles. The molecule has 1 aliphatic heterocycles. The first kappa shape index (κ1) is 24.6. The van der Waals surface area contributed by atoms with Crippen LogP contribution in [0.15, 0.2) is 28.5 Å². The monoisotopic (exact) mass is 517 g/mol. The SMILES string of the molecule is Cc1ccc(C)c(Cc2csc(N3CCN(S(=O)(=O)c4c(F)c(F)c(F)c(F)c4F)CC3)n2)c1. The molecule has 0 radical (unpaired) electrons. The first-order valence-corrected chi connectivity index (χ1v) is 12.6. The zero-order valence-electron chi connectivity index (χ0n) is 18.2. The maximum Gasteiger partial charge on any atom is 0.249 e. The molecule has 0 aliphatic carbocycles. The average molecular weight is 518 g/mol. The minimum atomic E-state index is -4.94. The number of thiazole rings is 1. The van der Waals surface area contributed by atoms with Crippen molar-refractivity contribution >= 4 is 26.5 Å². The predicted molar refractivity (Wildman–Crippen MR) is 118 cm³/mol. The molecule has 0 N–H and O–H groups in total. The fourth-order valence-corrected chi connectivity index (χ4v) is 6.18. The van der Waals surface area contributed by atoms with Crippen molar-refractivity contribution in [3.8, 4) is 0 Å². The predicted octanol–water partition coefficient (Wildman–Crippen LogP) is 4.56. The number of sulfonamides is 1. The normalized spacial score (nSPS) is 15.2. The number of benzene rings is 2. The van der Waals surface area contributed by atoms with Gasteiger partial charge in [-0.1, -0.05) is 23.8 Å². The topological polar surface area (TPSA) is 53.5 Å². The molecule has 2 aromatic carbocycles. The van der Waals surface area contributed by atoms with Gasteiger partial charge in [0.05, 0.1) is 5.69 Å². The van der Waals surface area contributed by atoms with E-state index in [1.165, 1.54) is 11.3 Å². The second-order valence-corrected chi connectivity index (χ2v) is 10.7. The highest BCUT2D eigenvalue weighted by atomic mass is 32.2. The number of hydrogen-bond acceptors (Lipinski definition) is 5. The van der Waals surface area contributed by atoms with Gasteiger partial charge < -0.3 is 4.90 Å². The molecule has 0 atom stereocenters. The lowest BCUT2D eigenvalue weighted by atomic mass is 10.0. The number of piperazine rings is 1. The molecule has 1 saturated heterocycles. The van der Waals surface area contributed by atoms with Crippen molar-refractivity contribution in [2.45, 2.75) is 25.2 Å². The van der Waals surface area contributed by atoms with E-state index in [0.29, 0.717) is 15.9 Å². The third-order valence-corrected chi connectivity index (χ3v) is 8.56. The van der Waals surface area contributed by atoms with Crippen LogP contribution in [0.2, 0.25) is 0 Å². The molecule has 182 valence electrons. The van der Waals surface area contributed by atoms with Crippen molar-refractivity contribution < 1.29 is 30.4 Å². The maximum atomic E-state index is 14.1. The number of anilines is 1. The fraction of sp³-hybridized carbons (Fsp3) is 0.318. The van der Waals surface area contributed by atoms with E-state index in [1.54, 1.807) is 0 Å². The highest BCUT2D eigenvalue weighted by Crippen LogP contribution is 2.30. The van der Waals surface area contributed by atoms with E-state index in [-0.39, 0.29) is 26.2 Å². The summed E-state index contributed by atoms with van der Waals surface area (Å²) in [4.78, 5) is 4.61. The lowest BCUT2D eigenvalue weighted by Gasteiger charge is -2.33. The summed E-state index contributed by atoms with van der Waals surface area (Å²) < 4.78 is 94.7. The largest absolute Gasteiger partial charge is 0.345 e. The number of halogens is 5. The van der Waals surface area contributed by atoms with E-state index in [4.69, 9.17) is 0 Å². The summed E-state index contributed by atoms with van der Waals surface area (Å²) in [5.74, 6) is -11.7. The molecule has 4 rings (SSSR count). The third-order valence-electron chi connectivity index (χ3n) is 5.69. The fourth-order valence-electron chi connectivity index (χ4n) is 3.77. The molecule has 1 fully saturated rings. The number of aromatic nitrogens is 1. The van der Waals surface area contributed by atoms with Crippen LogP contribution in [-0.4, -0.2) is 43.9 Å². The standard InChI is InChI=1S/C22H20F5N3O2S2/c1-12-3-4-13(2)14(9-12)10-15-11-33-22(28-15)29-5-7-30(8-6-29)34(31,32)21-19(26)17(24)16(23)18(25)20(21)27/h3-4,9,11H,5-8,10H2,1-2H3. The Bertz CT molecular complexity index is 1320.